The number of aromatic amines is 3. The Morgan fingerprint density at radius 1 is 0.407 bits per heavy atom. The molecule has 4 aromatic carbocycles. The molecule has 2 aliphatic heterocycles. The fraction of sp³-hybridized carbons (Fsp3) is 0.183. The minimum atomic E-state index is -0.761. The van der Waals surface area contributed by atoms with Gasteiger partial charge in [-0.15, -0.1) is 0 Å². The number of Topliss-reactive ketones (excluding diaryl/α,β-unsaturated/α-hetero) is 1. The average molecular weight is 1490 g/mol. The molecule has 113 heavy (non-hydrogen) atoms. The van der Waals surface area contributed by atoms with E-state index in [1.165, 1.54) is 22.3 Å². The Kier molecular flexibility index (Phi) is 26.1. The molecule has 3 aromatic heterocycles. The van der Waals surface area contributed by atoms with Crippen LogP contribution >= 0.6 is 0 Å². The summed E-state index contributed by atoms with van der Waals surface area (Å²) >= 11 is 0. The number of aromatic nitrogens is 3. The van der Waals surface area contributed by atoms with Crippen LogP contribution in [0.25, 0.3) is 34.9 Å². The maximum Gasteiger partial charge on any atom is 0.255 e. The molecule has 1 saturated heterocycles. The van der Waals surface area contributed by atoms with Gasteiger partial charge in [-0.3, -0.25) is 14.4 Å². The third-order valence-electron chi connectivity index (χ3n) is 21.5. The van der Waals surface area contributed by atoms with Crippen LogP contribution in [0.4, 0.5) is 11.4 Å². The van der Waals surface area contributed by atoms with Crippen molar-refractivity contribution in [3.8, 4) is 0 Å². The van der Waals surface area contributed by atoms with E-state index in [1.54, 1.807) is 6.92 Å². The molecule has 5 aliphatic rings. The summed E-state index contributed by atoms with van der Waals surface area (Å²) in [7, 11) is 0. The maximum atomic E-state index is 14.2. The second-order valence-electron chi connectivity index (χ2n) is 30.0. The number of nitrogens with one attached hydrogen (secondary N) is 6. The Bertz CT molecular complexity index is 5800. The highest BCUT2D eigenvalue weighted by Gasteiger charge is 2.64. The number of carbonyl (C=O) groups excluding carboxylic acids is 3. The van der Waals surface area contributed by atoms with Gasteiger partial charge in [0.1, 0.15) is 0 Å². The quantitative estimate of drug-likeness (QED) is 0.0318. The van der Waals surface area contributed by atoms with E-state index in [0.717, 1.165) is 156 Å². The molecular formula is C104H106N6O3. The van der Waals surface area contributed by atoms with Gasteiger partial charge < -0.3 is 30.9 Å². The molecule has 0 saturated carbocycles. The van der Waals surface area contributed by atoms with Gasteiger partial charge in [-0.1, -0.05) is 270 Å². The van der Waals surface area contributed by atoms with E-state index in [2.05, 4.69) is 292 Å². The lowest BCUT2D eigenvalue weighted by molar-refractivity contribution is -0.114. The molecule has 3 aliphatic carbocycles. The molecule has 1 fully saturated rings. The minimum absolute atomic E-state index is 0.0117. The summed E-state index contributed by atoms with van der Waals surface area (Å²) in [6, 6.07) is 31.3. The number of anilines is 2. The van der Waals surface area contributed by atoms with Gasteiger partial charge in [-0.25, -0.2) is 0 Å². The number of benzene rings is 4. The largest absolute Gasteiger partial charge is 0.356 e. The Balaban J connectivity index is 0.818. The number of hydrogen-bond donors (Lipinski definition) is 6. The van der Waals surface area contributed by atoms with Crippen LogP contribution in [-0.2, 0) is 4.79 Å². The summed E-state index contributed by atoms with van der Waals surface area (Å²) in [4.78, 5) is 54.3. The lowest BCUT2D eigenvalue weighted by Gasteiger charge is -2.36. The fourth-order valence-electron chi connectivity index (χ4n) is 14.7. The van der Waals surface area contributed by atoms with Gasteiger partial charge in [0, 0.05) is 61.5 Å². The van der Waals surface area contributed by atoms with Gasteiger partial charge in [0.15, 0.2) is 5.78 Å². The smallest absolute Gasteiger partial charge is 0.255 e. The van der Waals surface area contributed by atoms with Gasteiger partial charge >= 0.3 is 0 Å². The second kappa shape index (κ2) is 36.3. The molecule has 0 unspecified atom stereocenters. The van der Waals surface area contributed by atoms with Crippen molar-refractivity contribution in [2.75, 3.05) is 10.6 Å². The van der Waals surface area contributed by atoms with Gasteiger partial charge in [0.2, 0.25) is 0 Å². The zero-order valence-corrected chi connectivity index (χ0v) is 68.6. The number of rotatable bonds is 25. The lowest BCUT2D eigenvalue weighted by Crippen LogP contribution is -2.32. The van der Waals surface area contributed by atoms with Crippen LogP contribution in [0, 0.1) is 47.0 Å². The summed E-state index contributed by atoms with van der Waals surface area (Å²) in [5.74, 6) is -0.434. The van der Waals surface area contributed by atoms with Gasteiger partial charge in [0.05, 0.1) is 33.5 Å². The summed E-state index contributed by atoms with van der Waals surface area (Å²) in [6.45, 7) is 40.3. The van der Waals surface area contributed by atoms with Crippen LogP contribution in [0.2, 0.25) is 0 Å². The summed E-state index contributed by atoms with van der Waals surface area (Å²) in [6.07, 6.45) is 61.1. The Hall–Kier alpha value is -12.9. The first-order valence-corrected chi connectivity index (χ1v) is 38.9. The molecule has 10 bridgehead atoms. The first-order chi connectivity index (χ1) is 54.3. The summed E-state index contributed by atoms with van der Waals surface area (Å²) in [5.41, 5.74) is 32.1. The van der Waals surface area contributed by atoms with Crippen LogP contribution in [0.15, 0.2) is 334 Å². The molecule has 7 aromatic rings. The minimum Gasteiger partial charge on any atom is -0.356 e. The third kappa shape index (κ3) is 18.6. The van der Waals surface area contributed by atoms with Gasteiger partial charge in [-0.2, -0.15) is 0 Å². The Morgan fingerprint density at radius 3 is 1.21 bits per heavy atom. The first kappa shape index (κ1) is 81.1. The number of allylic oxidation sites excluding steroid dienone is 38. The number of ketones is 1. The van der Waals surface area contributed by atoms with Crippen molar-refractivity contribution in [2.24, 2.45) is 5.41 Å². The van der Waals surface area contributed by atoms with Crippen molar-refractivity contribution in [3.05, 3.63) is 435 Å². The maximum absolute atomic E-state index is 14.2. The zero-order valence-electron chi connectivity index (χ0n) is 68.6. The zero-order chi connectivity index (χ0) is 80.8. The fourth-order valence-corrected chi connectivity index (χ4v) is 14.7. The predicted molar refractivity (Wildman–Crippen MR) is 479 cm³/mol. The van der Waals surface area contributed by atoms with E-state index in [0.29, 0.717) is 28.9 Å². The molecule has 2 amide bonds. The second-order valence-corrected chi connectivity index (χ2v) is 30.0. The normalized spacial score (nSPS) is 16.9. The molecule has 12 rings (SSSR count). The molecule has 1 spiro atoms. The van der Waals surface area contributed by atoms with Crippen LogP contribution in [-0.4, -0.2) is 32.5 Å². The van der Waals surface area contributed by atoms with Gasteiger partial charge in [-0.05, 0) is 246 Å². The number of H-pyrrole nitrogens is 3. The van der Waals surface area contributed by atoms with E-state index in [9.17, 15) is 14.4 Å². The Labute approximate surface area is 669 Å². The predicted octanol–water partition coefficient (Wildman–Crippen LogP) is 24.1. The average Bonchev–Trinajstić information content (AvgIpc) is 1.49. The molecular weight excluding hydrogens is 1380 g/mol. The standard InChI is InChI=1S/C104H106N6O3/c1-19-29-65(3)35-25-37-67(5)31-21-23-33-69(7)39-27-41-71(9)43-45-81-47-59-87(60-48-81)105-102(112)85-55-51-83(52-56-85)92-96-75(13)73(11)90(107-96)63-91-74(12)76(14)97(108-91)93(100-79(17)104-64-89(95(104)80(18)111)94(101(104)110-100)99-78(16)77(15)98(92)109-99)84-53-57-86(58-54-84)103(113)106-88-61-49-82(50-62-88)46-44-72(10)42-28-40-70(8)34-24-22-32-68(6)38-26-36-66(4)30-20-2/h19-63,107-110H,17,64H2,1-16,18H3,(H,105,112)(H,106,113)/b23-21+,24-22+,29-19+,30-20+,37-25+,38-26+,39-27+,40-28+,45-43+,46-44+,65-35+,66-36+,67-31+,68-32+,69-33+,70-34+,71-41+,72-42+,90-63?,96-92?,100-93?/t104-/m0/s1. The van der Waals surface area contributed by atoms with E-state index in [4.69, 9.17) is 6.58 Å². The number of carbonyl (C=O) groups is 3. The van der Waals surface area contributed by atoms with Crippen molar-refractivity contribution in [3.63, 3.8) is 0 Å². The van der Waals surface area contributed by atoms with E-state index < -0.39 is 5.41 Å². The lowest BCUT2D eigenvalue weighted by atomic mass is 9.63. The Morgan fingerprint density at radius 2 is 0.788 bits per heavy atom. The van der Waals surface area contributed by atoms with Crippen LogP contribution in [0.1, 0.15) is 182 Å². The van der Waals surface area contributed by atoms with Crippen molar-refractivity contribution >= 4 is 63.9 Å². The molecule has 5 heterocycles. The van der Waals surface area contributed by atoms with E-state index >= 15 is 0 Å². The third-order valence-corrected chi connectivity index (χ3v) is 21.5. The van der Waals surface area contributed by atoms with E-state index in [1.807, 2.05) is 123 Å². The van der Waals surface area contributed by atoms with Crippen molar-refractivity contribution in [1.29, 1.82) is 0 Å². The topological polar surface area (TPSA) is 135 Å². The molecule has 570 valence electrons. The van der Waals surface area contributed by atoms with Crippen LogP contribution in [0.3, 0.4) is 0 Å². The monoisotopic (exact) mass is 1490 g/mol. The molecule has 9 heteroatoms. The SMILES string of the molecule is C=C1C2=C(c3ccc(C(=O)Nc4ccc(/C=C/C(C)=C/C=C/C(C)=C/C=C/C=C(C)/C=C/C=C(C)/C=C/C)cc4)cc3)c3[nH]c(c(C)c3C)C=c3[nH]c(c(C)c3C)=C(c3ccc(C(=O)Nc4ccc(/C=C/C(C)=C/C=C/C(C)=C/C=C/C=C(C)/C=C/C=C(C)/C=C/C)cc4)cc3)c3[nH]c(c(C)c3C)C3=C(N2)[C@@]12CC3=C2C(C)=O. The van der Waals surface area contributed by atoms with Gasteiger partial charge in [0.25, 0.3) is 11.8 Å². The first-order valence-electron chi connectivity index (χ1n) is 38.9. The number of hydrogen-bond acceptors (Lipinski definition) is 4. The van der Waals surface area contributed by atoms with Crippen molar-refractivity contribution in [2.45, 2.75) is 124 Å². The van der Waals surface area contributed by atoms with Crippen LogP contribution in [0.5, 0.6) is 0 Å². The number of fused-ring (bicyclic) bond motifs is 7. The molecule has 1 atom stereocenters. The van der Waals surface area contributed by atoms with Crippen LogP contribution < -0.4 is 26.6 Å². The summed E-state index contributed by atoms with van der Waals surface area (Å²) in [5, 5.41) is 12.2. The van der Waals surface area contributed by atoms with Crippen molar-refractivity contribution < 1.29 is 14.4 Å². The highest BCUT2D eigenvalue weighted by atomic mass is 16.2. The number of amides is 2. The highest BCUT2D eigenvalue weighted by Crippen LogP contribution is 2.71. The molecule has 0 radical (unpaired) electrons. The van der Waals surface area contributed by atoms with Crippen molar-refractivity contribution in [1.82, 2.24) is 20.3 Å². The molecule has 6 N–H and O–H groups in total. The molecule has 9 nitrogen and oxygen atoms in total. The summed E-state index contributed by atoms with van der Waals surface area (Å²) < 4.78 is 0. The van der Waals surface area contributed by atoms with E-state index in [-0.39, 0.29) is 17.6 Å². The highest BCUT2D eigenvalue weighted by molar-refractivity contribution is 6.12.